The van der Waals surface area contributed by atoms with Crippen LogP contribution in [0.4, 0.5) is 0 Å². The van der Waals surface area contributed by atoms with Crippen molar-refractivity contribution in [2.75, 3.05) is 25.6 Å². The van der Waals surface area contributed by atoms with Crippen molar-refractivity contribution in [2.45, 2.75) is 57.6 Å². The number of nitrogens with one attached hydrogen (secondary N) is 2. The number of rotatable bonds is 8. The summed E-state index contributed by atoms with van der Waals surface area (Å²) in [6.07, 6.45) is 1.73. The Hall–Kier alpha value is -3.47. The summed E-state index contributed by atoms with van der Waals surface area (Å²) in [6.45, 7) is 7.27. The topological polar surface area (TPSA) is 110 Å². The molecule has 0 radical (unpaired) electrons. The minimum Gasteiger partial charge on any atom is -0.484 e. The highest BCUT2D eigenvalue weighted by Crippen LogP contribution is 2.41. The fourth-order valence-electron chi connectivity index (χ4n) is 5.71. The fraction of sp³-hybridized carbons (Fsp3) is 0.406. The van der Waals surface area contributed by atoms with E-state index in [2.05, 4.69) is 10.3 Å². The highest BCUT2D eigenvalue weighted by atomic mass is 35.5. The second kappa shape index (κ2) is 11.6. The predicted molar refractivity (Wildman–Crippen MR) is 166 cm³/mol. The number of H-pyrrole nitrogens is 1. The number of aromatic nitrogens is 1. The molecule has 3 aliphatic rings. The highest BCUT2D eigenvalue weighted by molar-refractivity contribution is 8.00. The van der Waals surface area contributed by atoms with Crippen molar-refractivity contribution >= 4 is 52.0 Å². The first kappa shape index (κ1) is 29.6. The Labute approximate surface area is 259 Å². The van der Waals surface area contributed by atoms with E-state index < -0.39 is 11.6 Å². The van der Waals surface area contributed by atoms with Crippen LogP contribution < -0.4 is 10.1 Å². The number of benzene rings is 2. The molecule has 9 nitrogen and oxygen atoms in total. The van der Waals surface area contributed by atoms with Gasteiger partial charge in [-0.1, -0.05) is 11.6 Å². The number of nitrogens with zero attached hydrogens (tertiary/aromatic N) is 1. The van der Waals surface area contributed by atoms with Crippen LogP contribution in [0.15, 0.2) is 47.7 Å². The molecular formula is C32H34ClN3O6S. The van der Waals surface area contributed by atoms with Crippen LogP contribution in [-0.4, -0.2) is 70.3 Å². The van der Waals surface area contributed by atoms with Crippen molar-refractivity contribution in [3.05, 3.63) is 63.8 Å². The van der Waals surface area contributed by atoms with Crippen LogP contribution in [-0.2, 0) is 36.7 Å². The average Bonchev–Trinajstić information content (AvgIpc) is 3.33. The fourth-order valence-corrected chi connectivity index (χ4v) is 7.26. The molecule has 11 heteroatoms. The summed E-state index contributed by atoms with van der Waals surface area (Å²) < 4.78 is 17.1. The molecule has 1 aromatic heterocycles. The van der Waals surface area contributed by atoms with E-state index in [4.69, 9.17) is 25.8 Å². The molecule has 2 N–H and O–H groups in total. The van der Waals surface area contributed by atoms with Crippen molar-refractivity contribution < 1.29 is 28.6 Å². The first-order chi connectivity index (χ1) is 20.5. The van der Waals surface area contributed by atoms with E-state index in [0.29, 0.717) is 17.2 Å². The van der Waals surface area contributed by atoms with E-state index in [1.807, 2.05) is 57.2 Å². The largest absolute Gasteiger partial charge is 0.484 e. The van der Waals surface area contributed by atoms with E-state index in [0.717, 1.165) is 51.2 Å². The number of hydrogen-bond donors (Lipinski definition) is 2. The molecular weight excluding hydrogens is 590 g/mol. The quantitative estimate of drug-likeness (QED) is 0.268. The third-order valence-corrected chi connectivity index (χ3v) is 9.38. The van der Waals surface area contributed by atoms with Crippen molar-refractivity contribution in [3.63, 3.8) is 0 Å². The van der Waals surface area contributed by atoms with Gasteiger partial charge in [-0.05, 0) is 86.7 Å². The van der Waals surface area contributed by atoms with Crippen LogP contribution in [0.5, 0.6) is 5.75 Å². The molecule has 3 heterocycles. The third kappa shape index (κ3) is 6.01. The Bertz CT molecular complexity index is 1660. The Kier molecular flexibility index (Phi) is 7.95. The van der Waals surface area contributed by atoms with Gasteiger partial charge in [0, 0.05) is 39.9 Å². The zero-order valence-corrected chi connectivity index (χ0v) is 26.1. The van der Waals surface area contributed by atoms with Crippen LogP contribution in [0.25, 0.3) is 22.2 Å². The van der Waals surface area contributed by atoms with Gasteiger partial charge in [-0.2, -0.15) is 0 Å². The van der Waals surface area contributed by atoms with Crippen LogP contribution >= 0.6 is 23.4 Å². The van der Waals surface area contributed by atoms with Gasteiger partial charge in [-0.25, -0.2) is 0 Å². The number of β-lactam (4-membered cyclic amide) rings is 1. The number of carbonyl (C=O) groups excluding carboxylic acids is 3. The molecule has 0 saturated carbocycles. The van der Waals surface area contributed by atoms with Crippen LogP contribution in [0, 0.1) is 0 Å². The molecule has 1 saturated heterocycles. The SMILES string of the molecule is CC(=O)OCC1=C(COC(C)(C)C)N2C(=O)C(NC(=O)COc3ccc4c(c3)CCc3c-4[nH]c4ccc(Cl)cc34)C2SC1. The summed E-state index contributed by atoms with van der Waals surface area (Å²) in [5, 5.41) is 4.45. The lowest BCUT2D eigenvalue weighted by molar-refractivity contribution is -0.147. The van der Waals surface area contributed by atoms with Gasteiger partial charge < -0.3 is 24.5 Å². The Balaban J connectivity index is 1.09. The normalized spacial score (nSPS) is 19.4. The van der Waals surface area contributed by atoms with Crippen LogP contribution in [0.3, 0.4) is 0 Å². The second-order valence-electron chi connectivity index (χ2n) is 12.0. The van der Waals surface area contributed by atoms with Gasteiger partial charge in [0.2, 0.25) is 0 Å². The van der Waals surface area contributed by atoms with Gasteiger partial charge in [-0.3, -0.25) is 19.3 Å². The zero-order valence-electron chi connectivity index (χ0n) is 24.5. The first-order valence-corrected chi connectivity index (χ1v) is 15.7. The molecule has 1 fully saturated rings. The van der Waals surface area contributed by atoms with Crippen LogP contribution in [0.1, 0.15) is 38.8 Å². The number of amides is 2. The van der Waals surface area contributed by atoms with Gasteiger partial charge in [0.1, 0.15) is 23.8 Å². The summed E-state index contributed by atoms with van der Waals surface area (Å²) in [5.41, 5.74) is 6.79. The smallest absolute Gasteiger partial charge is 0.302 e. The number of hydrogen-bond acceptors (Lipinski definition) is 7. The lowest BCUT2D eigenvalue weighted by atomic mass is 9.89. The maximum Gasteiger partial charge on any atom is 0.302 e. The van der Waals surface area contributed by atoms with Gasteiger partial charge >= 0.3 is 5.97 Å². The number of aromatic amines is 1. The number of aryl methyl sites for hydroxylation is 2. The number of fused-ring (bicyclic) bond motifs is 6. The molecule has 0 bridgehead atoms. The Morgan fingerprint density at radius 3 is 2.72 bits per heavy atom. The monoisotopic (exact) mass is 623 g/mol. The number of halogens is 1. The second-order valence-corrected chi connectivity index (χ2v) is 13.5. The van der Waals surface area contributed by atoms with Gasteiger partial charge in [0.05, 0.1) is 17.9 Å². The van der Waals surface area contributed by atoms with E-state index >= 15 is 0 Å². The van der Waals surface area contributed by atoms with Crippen molar-refractivity contribution in [2.24, 2.45) is 0 Å². The summed E-state index contributed by atoms with van der Waals surface area (Å²) in [7, 11) is 0. The summed E-state index contributed by atoms with van der Waals surface area (Å²) in [4.78, 5) is 42.7. The van der Waals surface area contributed by atoms with Crippen LogP contribution in [0.2, 0.25) is 5.02 Å². The number of carbonyl (C=O) groups is 3. The summed E-state index contributed by atoms with van der Waals surface area (Å²) in [6, 6.07) is 11.1. The van der Waals surface area contributed by atoms with Crippen molar-refractivity contribution in [3.8, 4) is 17.0 Å². The van der Waals surface area contributed by atoms with Gasteiger partial charge in [0.15, 0.2) is 6.61 Å². The van der Waals surface area contributed by atoms with Gasteiger partial charge in [-0.15, -0.1) is 11.8 Å². The Morgan fingerprint density at radius 1 is 1.14 bits per heavy atom. The molecule has 226 valence electrons. The lowest BCUT2D eigenvalue weighted by Gasteiger charge is -2.50. The molecule has 2 amide bonds. The molecule has 3 aromatic rings. The molecule has 2 unspecified atom stereocenters. The minimum atomic E-state index is -0.668. The van der Waals surface area contributed by atoms with E-state index in [-0.39, 0.29) is 43.0 Å². The maximum absolute atomic E-state index is 13.2. The third-order valence-electron chi connectivity index (χ3n) is 7.81. The Morgan fingerprint density at radius 2 is 1.95 bits per heavy atom. The number of thioether (sulfide) groups is 1. The minimum absolute atomic E-state index is 0.100. The molecule has 2 aliphatic heterocycles. The number of ether oxygens (including phenoxy) is 3. The standard InChI is InChI=1S/C32H34ClN3O6S/c1-17(37)40-13-19-16-43-31-29(30(39)36(31)26(19)14-42-32(2,3)4)35-27(38)15-41-21-7-9-22-18(11-21)5-8-23-24-12-20(33)6-10-25(24)34-28(22)23/h6-7,9-12,29,31,34H,5,8,13-16H2,1-4H3,(H,35,38). The summed E-state index contributed by atoms with van der Waals surface area (Å²) >= 11 is 7.76. The molecule has 2 aromatic carbocycles. The molecule has 2 atom stereocenters. The van der Waals surface area contributed by atoms with E-state index in [9.17, 15) is 14.4 Å². The predicted octanol–water partition coefficient (Wildman–Crippen LogP) is 5.00. The van der Waals surface area contributed by atoms with Crippen molar-refractivity contribution in [1.29, 1.82) is 0 Å². The van der Waals surface area contributed by atoms with E-state index in [1.54, 1.807) is 4.90 Å². The first-order valence-electron chi connectivity index (χ1n) is 14.3. The van der Waals surface area contributed by atoms with Gasteiger partial charge in [0.25, 0.3) is 11.8 Å². The highest BCUT2D eigenvalue weighted by Gasteiger charge is 2.52. The zero-order chi connectivity index (χ0) is 30.5. The summed E-state index contributed by atoms with van der Waals surface area (Å²) in [5.74, 6) is 0.191. The number of esters is 1. The molecule has 43 heavy (non-hydrogen) atoms. The molecule has 0 spiro atoms. The molecule has 1 aliphatic carbocycles. The average molecular weight is 624 g/mol. The van der Waals surface area contributed by atoms with E-state index in [1.165, 1.54) is 24.2 Å². The van der Waals surface area contributed by atoms with Crippen molar-refractivity contribution in [1.82, 2.24) is 15.2 Å². The maximum atomic E-state index is 13.2. The lowest BCUT2D eigenvalue weighted by Crippen LogP contribution is -2.70. The molecule has 6 rings (SSSR count).